The van der Waals surface area contributed by atoms with Gasteiger partial charge in [0.25, 0.3) is 0 Å². The van der Waals surface area contributed by atoms with Crippen LogP contribution in [0.1, 0.15) is 10.5 Å². The predicted octanol–water partition coefficient (Wildman–Crippen LogP) is 0.583. The standard InChI is InChI=1S/C8H8N4O/c1-9-7-8-11-6(5-13)4-12(8)3-2-10-7/h2-5H,1H3,(H,9,10). The number of hydrogen-bond donors (Lipinski definition) is 1. The lowest BCUT2D eigenvalue weighted by atomic mass is 10.5. The number of nitrogens with zero attached hydrogens (tertiary/aromatic N) is 3. The van der Waals surface area contributed by atoms with Crippen molar-refractivity contribution in [1.29, 1.82) is 0 Å². The van der Waals surface area contributed by atoms with Crippen LogP contribution in [-0.4, -0.2) is 27.7 Å². The fraction of sp³-hybridized carbons (Fsp3) is 0.125. The normalized spacial score (nSPS) is 10.2. The van der Waals surface area contributed by atoms with Crippen molar-refractivity contribution in [1.82, 2.24) is 14.4 Å². The lowest BCUT2D eigenvalue weighted by Gasteiger charge is -1.98. The van der Waals surface area contributed by atoms with Crippen molar-refractivity contribution in [3.8, 4) is 0 Å². The van der Waals surface area contributed by atoms with E-state index in [0.717, 1.165) is 0 Å². The van der Waals surface area contributed by atoms with Crippen LogP contribution in [0, 0.1) is 0 Å². The molecule has 0 aliphatic rings. The quantitative estimate of drug-likeness (QED) is 0.680. The molecule has 0 amide bonds. The lowest BCUT2D eigenvalue weighted by Crippen LogP contribution is -1.95. The second-order valence-electron chi connectivity index (χ2n) is 2.54. The maximum absolute atomic E-state index is 10.5. The zero-order valence-corrected chi connectivity index (χ0v) is 7.06. The molecule has 0 unspecified atom stereocenters. The summed E-state index contributed by atoms with van der Waals surface area (Å²) >= 11 is 0. The van der Waals surface area contributed by atoms with Crippen molar-refractivity contribution < 1.29 is 4.79 Å². The number of rotatable bonds is 2. The highest BCUT2D eigenvalue weighted by Gasteiger charge is 2.04. The molecule has 13 heavy (non-hydrogen) atoms. The summed E-state index contributed by atoms with van der Waals surface area (Å²) in [5.74, 6) is 0.663. The third kappa shape index (κ3) is 1.14. The van der Waals surface area contributed by atoms with Crippen LogP contribution >= 0.6 is 0 Å². The van der Waals surface area contributed by atoms with E-state index in [9.17, 15) is 4.79 Å². The van der Waals surface area contributed by atoms with E-state index in [-0.39, 0.29) is 0 Å². The minimum absolute atomic E-state index is 0.407. The summed E-state index contributed by atoms with van der Waals surface area (Å²) in [6.45, 7) is 0. The zero-order chi connectivity index (χ0) is 9.26. The average Bonchev–Trinajstić information content (AvgIpc) is 2.59. The van der Waals surface area contributed by atoms with Gasteiger partial charge in [-0.15, -0.1) is 0 Å². The van der Waals surface area contributed by atoms with Gasteiger partial charge in [-0.3, -0.25) is 4.79 Å². The number of aldehydes is 1. The Labute approximate surface area is 74.4 Å². The highest BCUT2D eigenvalue weighted by molar-refractivity contribution is 5.75. The van der Waals surface area contributed by atoms with Crippen molar-refractivity contribution in [2.75, 3.05) is 12.4 Å². The Morgan fingerprint density at radius 1 is 1.62 bits per heavy atom. The number of aromatic nitrogens is 3. The molecule has 0 bridgehead atoms. The van der Waals surface area contributed by atoms with Crippen LogP contribution < -0.4 is 5.32 Å². The van der Waals surface area contributed by atoms with Crippen molar-refractivity contribution in [3.05, 3.63) is 24.3 Å². The first-order valence-electron chi connectivity index (χ1n) is 3.82. The van der Waals surface area contributed by atoms with E-state index >= 15 is 0 Å². The average molecular weight is 176 g/mol. The van der Waals surface area contributed by atoms with E-state index in [0.29, 0.717) is 23.4 Å². The summed E-state index contributed by atoms with van der Waals surface area (Å²) in [6.07, 6.45) is 5.77. The van der Waals surface area contributed by atoms with Gasteiger partial charge in [0.05, 0.1) is 0 Å². The summed E-state index contributed by atoms with van der Waals surface area (Å²) in [5.41, 5.74) is 1.07. The first-order valence-corrected chi connectivity index (χ1v) is 3.82. The molecular weight excluding hydrogens is 168 g/mol. The first kappa shape index (κ1) is 7.72. The predicted molar refractivity (Wildman–Crippen MR) is 47.9 cm³/mol. The molecule has 66 valence electrons. The molecule has 1 N–H and O–H groups in total. The van der Waals surface area contributed by atoms with Gasteiger partial charge >= 0.3 is 0 Å². The molecule has 2 heterocycles. The Balaban J connectivity index is 2.74. The number of imidazole rings is 1. The number of hydrogen-bond acceptors (Lipinski definition) is 4. The highest BCUT2D eigenvalue weighted by Crippen LogP contribution is 2.11. The van der Waals surface area contributed by atoms with Gasteiger partial charge < -0.3 is 9.72 Å². The number of anilines is 1. The topological polar surface area (TPSA) is 59.3 Å². The van der Waals surface area contributed by atoms with Gasteiger partial charge in [-0.1, -0.05) is 0 Å². The van der Waals surface area contributed by atoms with Gasteiger partial charge in [0, 0.05) is 25.6 Å². The van der Waals surface area contributed by atoms with Gasteiger partial charge in [-0.05, 0) is 0 Å². The summed E-state index contributed by atoms with van der Waals surface area (Å²) in [7, 11) is 1.76. The smallest absolute Gasteiger partial charge is 0.180 e. The summed E-state index contributed by atoms with van der Waals surface area (Å²) < 4.78 is 1.75. The largest absolute Gasteiger partial charge is 0.370 e. The van der Waals surface area contributed by atoms with Crippen LogP contribution in [-0.2, 0) is 0 Å². The van der Waals surface area contributed by atoms with Crippen molar-refractivity contribution >= 4 is 17.8 Å². The zero-order valence-electron chi connectivity index (χ0n) is 7.06. The molecule has 0 aliphatic heterocycles. The van der Waals surface area contributed by atoms with E-state index in [1.165, 1.54) is 0 Å². The maximum atomic E-state index is 10.5. The van der Waals surface area contributed by atoms with Gasteiger partial charge in [-0.25, -0.2) is 9.97 Å². The Kier molecular flexibility index (Phi) is 1.70. The van der Waals surface area contributed by atoms with E-state index in [1.54, 1.807) is 30.0 Å². The first-order chi connectivity index (χ1) is 6.35. The summed E-state index contributed by atoms with van der Waals surface area (Å²) in [4.78, 5) is 18.6. The summed E-state index contributed by atoms with van der Waals surface area (Å²) in [6, 6.07) is 0. The second-order valence-corrected chi connectivity index (χ2v) is 2.54. The Bertz CT molecular complexity index is 448. The molecule has 0 aromatic carbocycles. The fourth-order valence-electron chi connectivity index (χ4n) is 1.17. The third-order valence-corrected chi connectivity index (χ3v) is 1.75. The number of carbonyl (C=O) groups excluding carboxylic acids is 1. The van der Waals surface area contributed by atoms with E-state index in [2.05, 4.69) is 15.3 Å². The van der Waals surface area contributed by atoms with Crippen molar-refractivity contribution in [3.63, 3.8) is 0 Å². The molecule has 2 aromatic heterocycles. The van der Waals surface area contributed by atoms with Gasteiger partial charge in [0.2, 0.25) is 0 Å². The van der Waals surface area contributed by atoms with Crippen molar-refractivity contribution in [2.24, 2.45) is 0 Å². The number of nitrogens with one attached hydrogen (secondary N) is 1. The van der Waals surface area contributed by atoms with Crippen LogP contribution in [0.4, 0.5) is 5.82 Å². The van der Waals surface area contributed by atoms with Gasteiger partial charge in [0.1, 0.15) is 5.69 Å². The van der Waals surface area contributed by atoms with Crippen LogP contribution in [0.5, 0.6) is 0 Å². The molecule has 0 fully saturated rings. The molecule has 5 nitrogen and oxygen atoms in total. The van der Waals surface area contributed by atoms with E-state index in [4.69, 9.17) is 0 Å². The van der Waals surface area contributed by atoms with E-state index < -0.39 is 0 Å². The van der Waals surface area contributed by atoms with Crippen molar-refractivity contribution in [2.45, 2.75) is 0 Å². The van der Waals surface area contributed by atoms with Crippen LogP contribution in [0.15, 0.2) is 18.6 Å². The molecular formula is C8H8N4O. The van der Waals surface area contributed by atoms with Gasteiger partial charge in [0.15, 0.2) is 17.8 Å². The second kappa shape index (κ2) is 2.85. The SMILES string of the molecule is CNc1nccn2cc(C=O)nc12. The highest BCUT2D eigenvalue weighted by atomic mass is 16.1. The van der Waals surface area contributed by atoms with Crippen LogP contribution in [0.3, 0.4) is 0 Å². The van der Waals surface area contributed by atoms with Gasteiger partial charge in [-0.2, -0.15) is 0 Å². The Hall–Kier alpha value is -1.91. The molecule has 0 radical (unpaired) electrons. The molecule has 5 heteroatoms. The fourth-order valence-corrected chi connectivity index (χ4v) is 1.17. The monoisotopic (exact) mass is 176 g/mol. The Morgan fingerprint density at radius 3 is 3.15 bits per heavy atom. The number of fused-ring (bicyclic) bond motifs is 1. The molecule has 0 saturated heterocycles. The Morgan fingerprint density at radius 2 is 2.46 bits per heavy atom. The summed E-state index contributed by atoms with van der Waals surface area (Å²) in [5, 5.41) is 2.90. The minimum Gasteiger partial charge on any atom is -0.370 e. The van der Waals surface area contributed by atoms with E-state index in [1.807, 2.05) is 0 Å². The molecule has 0 aliphatic carbocycles. The number of carbonyl (C=O) groups is 1. The minimum atomic E-state index is 0.407. The molecule has 0 spiro atoms. The maximum Gasteiger partial charge on any atom is 0.180 e. The van der Waals surface area contributed by atoms with Crippen LogP contribution in [0.25, 0.3) is 5.65 Å². The molecule has 2 aromatic rings. The molecule has 0 atom stereocenters. The lowest BCUT2D eigenvalue weighted by molar-refractivity contribution is 0.111. The molecule has 2 rings (SSSR count). The third-order valence-electron chi connectivity index (χ3n) is 1.75. The molecule has 0 saturated carbocycles. The van der Waals surface area contributed by atoms with Crippen LogP contribution in [0.2, 0.25) is 0 Å².